The third kappa shape index (κ3) is 4.76. The molecule has 0 unspecified atom stereocenters. The molecule has 0 N–H and O–H groups in total. The van der Waals surface area contributed by atoms with Crippen LogP contribution in [0.4, 0.5) is 0 Å². The van der Waals surface area contributed by atoms with E-state index in [0.29, 0.717) is 23.0 Å². The van der Waals surface area contributed by atoms with Gasteiger partial charge in [-0.2, -0.15) is 5.26 Å². The van der Waals surface area contributed by atoms with Crippen LogP contribution in [-0.2, 0) is 0 Å². The molecule has 10 aromatic rings. The van der Waals surface area contributed by atoms with Gasteiger partial charge in [-0.25, -0.2) is 15.0 Å². The number of para-hydroxylation sites is 2. The molecule has 0 aliphatic heterocycles. The standard InChI is InChI=1S/C46H27N5O/c47-28-33-26-32(46-49-44(29-12-3-1-4-13-29)48-45(50-46)30-14-5-2-6-15-30)22-24-38(33)51-39-19-9-7-17-36(39)43-34(18-11-20-40(43)51)31-23-25-42-37(27-31)35-16-8-10-21-41(35)52-42/h1-27H. The Morgan fingerprint density at radius 3 is 1.79 bits per heavy atom. The lowest BCUT2D eigenvalue weighted by molar-refractivity contribution is 0.669. The first kappa shape index (κ1) is 29.5. The number of hydrogen-bond donors (Lipinski definition) is 0. The topological polar surface area (TPSA) is 80.5 Å². The van der Waals surface area contributed by atoms with Gasteiger partial charge in [-0.15, -0.1) is 0 Å². The second kappa shape index (κ2) is 11.9. The molecule has 0 bridgehead atoms. The van der Waals surface area contributed by atoms with Gasteiger partial charge in [0.1, 0.15) is 17.2 Å². The van der Waals surface area contributed by atoms with Gasteiger partial charge in [-0.05, 0) is 59.7 Å². The van der Waals surface area contributed by atoms with E-state index in [-0.39, 0.29) is 0 Å². The van der Waals surface area contributed by atoms with Crippen LogP contribution in [0.1, 0.15) is 5.56 Å². The van der Waals surface area contributed by atoms with E-state index in [4.69, 9.17) is 19.4 Å². The Labute approximate surface area is 298 Å². The number of hydrogen-bond acceptors (Lipinski definition) is 5. The summed E-state index contributed by atoms with van der Waals surface area (Å²) in [6.45, 7) is 0. The summed E-state index contributed by atoms with van der Waals surface area (Å²) in [5.74, 6) is 1.65. The minimum atomic E-state index is 0.502. The number of aromatic nitrogens is 4. The smallest absolute Gasteiger partial charge is 0.164 e. The summed E-state index contributed by atoms with van der Waals surface area (Å²) >= 11 is 0. The Morgan fingerprint density at radius 2 is 1.06 bits per heavy atom. The first-order valence-corrected chi connectivity index (χ1v) is 17.1. The Hall–Kier alpha value is -7.36. The van der Waals surface area contributed by atoms with Crippen molar-refractivity contribution in [2.45, 2.75) is 0 Å². The van der Waals surface area contributed by atoms with Crippen molar-refractivity contribution >= 4 is 43.7 Å². The summed E-state index contributed by atoms with van der Waals surface area (Å²) in [7, 11) is 0. The summed E-state index contributed by atoms with van der Waals surface area (Å²) in [5, 5.41) is 15.1. The second-order valence-electron chi connectivity index (χ2n) is 12.7. The monoisotopic (exact) mass is 665 g/mol. The highest BCUT2D eigenvalue weighted by atomic mass is 16.3. The zero-order valence-electron chi connectivity index (χ0n) is 27.7. The maximum atomic E-state index is 10.7. The largest absolute Gasteiger partial charge is 0.456 e. The van der Waals surface area contributed by atoms with Gasteiger partial charge in [0.15, 0.2) is 17.5 Å². The molecule has 6 heteroatoms. The van der Waals surface area contributed by atoms with E-state index in [2.05, 4.69) is 71.3 Å². The SMILES string of the molecule is N#Cc1cc(-c2nc(-c3ccccc3)nc(-c3ccccc3)n2)ccc1-n1c2ccccc2c2c(-c3ccc4oc5ccccc5c4c3)cccc21. The molecule has 3 heterocycles. The van der Waals surface area contributed by atoms with Crippen LogP contribution in [-0.4, -0.2) is 19.5 Å². The van der Waals surface area contributed by atoms with Crippen LogP contribution in [0.5, 0.6) is 0 Å². The number of nitriles is 1. The fraction of sp³-hybridized carbons (Fsp3) is 0. The van der Waals surface area contributed by atoms with E-state index in [0.717, 1.165) is 77.2 Å². The Bertz CT molecular complexity index is 2970. The predicted octanol–water partition coefficient (Wildman–Crippen LogP) is 11.4. The third-order valence-electron chi connectivity index (χ3n) is 9.70. The second-order valence-corrected chi connectivity index (χ2v) is 12.7. The molecule has 52 heavy (non-hydrogen) atoms. The molecule has 0 fully saturated rings. The predicted molar refractivity (Wildman–Crippen MR) is 208 cm³/mol. The molecule has 3 aromatic heterocycles. The summed E-state index contributed by atoms with van der Waals surface area (Å²) in [6.07, 6.45) is 0. The molecule has 0 atom stereocenters. The van der Waals surface area contributed by atoms with Crippen molar-refractivity contribution in [3.05, 3.63) is 169 Å². The van der Waals surface area contributed by atoms with Crippen LogP contribution in [0.15, 0.2) is 168 Å². The summed E-state index contributed by atoms with van der Waals surface area (Å²) in [4.78, 5) is 14.6. The molecule has 242 valence electrons. The Morgan fingerprint density at radius 1 is 0.462 bits per heavy atom. The van der Waals surface area contributed by atoms with Crippen molar-refractivity contribution < 1.29 is 4.42 Å². The summed E-state index contributed by atoms with van der Waals surface area (Å²) in [6, 6.07) is 57.5. The molecular weight excluding hydrogens is 639 g/mol. The van der Waals surface area contributed by atoms with Gasteiger partial charge in [0.05, 0.1) is 22.3 Å². The van der Waals surface area contributed by atoms with E-state index < -0.39 is 0 Å². The van der Waals surface area contributed by atoms with Crippen LogP contribution in [0.2, 0.25) is 0 Å². The average Bonchev–Trinajstić information content (AvgIpc) is 3.76. The van der Waals surface area contributed by atoms with Crippen LogP contribution in [0.3, 0.4) is 0 Å². The van der Waals surface area contributed by atoms with Crippen LogP contribution < -0.4 is 0 Å². The molecule has 6 nitrogen and oxygen atoms in total. The zero-order chi connectivity index (χ0) is 34.6. The lowest BCUT2D eigenvalue weighted by Crippen LogP contribution is -2.02. The van der Waals surface area contributed by atoms with Gasteiger partial charge in [0, 0.05) is 38.2 Å². The van der Waals surface area contributed by atoms with Gasteiger partial charge in [-0.1, -0.05) is 115 Å². The molecule has 0 saturated carbocycles. The van der Waals surface area contributed by atoms with Gasteiger partial charge in [0.2, 0.25) is 0 Å². The first-order valence-electron chi connectivity index (χ1n) is 17.1. The molecule has 0 aliphatic rings. The maximum Gasteiger partial charge on any atom is 0.164 e. The minimum absolute atomic E-state index is 0.502. The van der Waals surface area contributed by atoms with E-state index in [1.807, 2.05) is 103 Å². The van der Waals surface area contributed by atoms with Gasteiger partial charge < -0.3 is 8.98 Å². The van der Waals surface area contributed by atoms with Crippen molar-refractivity contribution in [3.63, 3.8) is 0 Å². The maximum absolute atomic E-state index is 10.7. The number of benzene rings is 7. The van der Waals surface area contributed by atoms with Crippen LogP contribution in [0, 0.1) is 11.3 Å². The highest BCUT2D eigenvalue weighted by molar-refractivity contribution is 6.17. The van der Waals surface area contributed by atoms with Gasteiger partial charge in [-0.3, -0.25) is 0 Å². The molecule has 0 saturated heterocycles. The average molecular weight is 666 g/mol. The van der Waals surface area contributed by atoms with E-state index in [1.54, 1.807) is 0 Å². The number of nitrogens with zero attached hydrogens (tertiary/aromatic N) is 5. The molecule has 7 aromatic carbocycles. The first-order chi connectivity index (χ1) is 25.7. The fourth-order valence-electron chi connectivity index (χ4n) is 7.31. The molecule has 10 rings (SSSR count). The number of furan rings is 1. The third-order valence-corrected chi connectivity index (χ3v) is 9.70. The highest BCUT2D eigenvalue weighted by Crippen LogP contribution is 2.41. The minimum Gasteiger partial charge on any atom is -0.456 e. The summed E-state index contributed by atoms with van der Waals surface area (Å²) in [5.41, 5.74) is 9.79. The molecule has 0 radical (unpaired) electrons. The lowest BCUT2D eigenvalue weighted by atomic mass is 9.98. The van der Waals surface area contributed by atoms with E-state index in [9.17, 15) is 5.26 Å². The van der Waals surface area contributed by atoms with Gasteiger partial charge in [0.25, 0.3) is 0 Å². The van der Waals surface area contributed by atoms with Crippen molar-refractivity contribution in [2.75, 3.05) is 0 Å². The van der Waals surface area contributed by atoms with Crippen molar-refractivity contribution in [1.82, 2.24) is 19.5 Å². The molecular formula is C46H27N5O. The number of rotatable bonds is 5. The van der Waals surface area contributed by atoms with Crippen molar-refractivity contribution in [2.24, 2.45) is 0 Å². The fourth-order valence-corrected chi connectivity index (χ4v) is 7.31. The zero-order valence-corrected chi connectivity index (χ0v) is 27.7. The summed E-state index contributed by atoms with van der Waals surface area (Å²) < 4.78 is 8.34. The van der Waals surface area contributed by atoms with Crippen molar-refractivity contribution in [1.29, 1.82) is 5.26 Å². The molecule has 0 amide bonds. The Kier molecular flexibility index (Phi) is 6.76. The Balaban J connectivity index is 1.15. The van der Waals surface area contributed by atoms with Gasteiger partial charge >= 0.3 is 0 Å². The molecule has 0 aliphatic carbocycles. The van der Waals surface area contributed by atoms with Crippen LogP contribution in [0.25, 0.3) is 94.7 Å². The lowest BCUT2D eigenvalue weighted by Gasteiger charge is -2.13. The van der Waals surface area contributed by atoms with E-state index in [1.165, 1.54) is 0 Å². The normalized spacial score (nSPS) is 11.4. The highest BCUT2D eigenvalue weighted by Gasteiger charge is 2.20. The number of fused-ring (bicyclic) bond motifs is 6. The molecule has 0 spiro atoms. The quantitative estimate of drug-likeness (QED) is 0.183. The van der Waals surface area contributed by atoms with Crippen LogP contribution >= 0.6 is 0 Å². The van der Waals surface area contributed by atoms with Crippen molar-refractivity contribution in [3.8, 4) is 57.0 Å². The van der Waals surface area contributed by atoms with E-state index >= 15 is 0 Å².